The van der Waals surface area contributed by atoms with Crippen molar-refractivity contribution in [3.05, 3.63) is 17.5 Å². The molecule has 6 heteroatoms. The number of aromatic nitrogens is 2. The fourth-order valence-electron chi connectivity index (χ4n) is 4.72. The zero-order valence-corrected chi connectivity index (χ0v) is 15.9. The Morgan fingerprint density at radius 3 is 2.31 bits per heavy atom. The van der Waals surface area contributed by atoms with Crippen LogP contribution in [-0.4, -0.2) is 57.0 Å². The quantitative estimate of drug-likeness (QED) is 0.903. The van der Waals surface area contributed by atoms with E-state index in [1.54, 1.807) is 6.20 Å². The highest BCUT2D eigenvalue weighted by Gasteiger charge is 2.37. The minimum Gasteiger partial charge on any atom is -0.342 e. The summed E-state index contributed by atoms with van der Waals surface area (Å²) >= 11 is 0. The molecule has 1 N–H and O–H groups in total. The van der Waals surface area contributed by atoms with E-state index in [2.05, 4.69) is 24.0 Å². The van der Waals surface area contributed by atoms with Crippen LogP contribution in [0, 0.1) is 5.92 Å². The van der Waals surface area contributed by atoms with Crippen molar-refractivity contribution in [3.8, 4) is 0 Å². The molecule has 0 unspecified atom stereocenters. The predicted octanol–water partition coefficient (Wildman–Crippen LogP) is 2.93. The molecule has 1 aromatic heterocycles. The first-order valence-electron chi connectivity index (χ1n) is 10.2. The highest BCUT2D eigenvalue weighted by Crippen LogP contribution is 2.35. The van der Waals surface area contributed by atoms with Gasteiger partial charge in [-0.15, -0.1) is 0 Å². The van der Waals surface area contributed by atoms with E-state index in [0.29, 0.717) is 5.91 Å². The minimum absolute atomic E-state index is 0.116. The number of nitrogens with zero attached hydrogens (tertiary/aromatic N) is 3. The molecule has 2 saturated heterocycles. The van der Waals surface area contributed by atoms with E-state index in [1.165, 1.54) is 6.42 Å². The average molecular weight is 358 g/mol. The van der Waals surface area contributed by atoms with Crippen molar-refractivity contribution in [1.29, 1.82) is 0 Å². The smallest absolute Gasteiger partial charge is 0.257 e. The topological polar surface area (TPSA) is 69.3 Å². The van der Waals surface area contributed by atoms with E-state index in [0.717, 1.165) is 62.9 Å². The SMILES string of the molecule is C[C@@H]1CCC[C@@H](C)N1C(=O)c1cn[nH]c1C1CCN(C(=O)C2CC2)CC1. The summed E-state index contributed by atoms with van der Waals surface area (Å²) < 4.78 is 0. The second-order valence-corrected chi connectivity index (χ2v) is 8.41. The maximum Gasteiger partial charge on any atom is 0.257 e. The van der Waals surface area contributed by atoms with Crippen LogP contribution in [0.25, 0.3) is 0 Å². The molecule has 3 aliphatic rings. The number of amides is 2. The molecule has 1 aromatic rings. The van der Waals surface area contributed by atoms with Gasteiger partial charge in [0.2, 0.25) is 5.91 Å². The number of H-pyrrole nitrogens is 1. The van der Waals surface area contributed by atoms with Crippen molar-refractivity contribution < 1.29 is 9.59 Å². The Balaban J connectivity index is 1.45. The minimum atomic E-state index is 0.116. The fourth-order valence-corrected chi connectivity index (χ4v) is 4.72. The number of hydrogen-bond acceptors (Lipinski definition) is 3. The Labute approximate surface area is 155 Å². The van der Waals surface area contributed by atoms with Gasteiger partial charge < -0.3 is 9.80 Å². The normalized spacial score (nSPS) is 27.6. The molecule has 3 heterocycles. The van der Waals surface area contributed by atoms with E-state index in [9.17, 15) is 9.59 Å². The largest absolute Gasteiger partial charge is 0.342 e. The summed E-state index contributed by atoms with van der Waals surface area (Å²) in [6.07, 6.45) is 8.98. The summed E-state index contributed by atoms with van der Waals surface area (Å²) in [6, 6.07) is 0.569. The van der Waals surface area contributed by atoms with Crippen molar-refractivity contribution in [3.63, 3.8) is 0 Å². The number of nitrogens with one attached hydrogen (secondary N) is 1. The summed E-state index contributed by atoms with van der Waals surface area (Å²) in [5.74, 6) is 1.03. The average Bonchev–Trinajstić information content (AvgIpc) is 3.37. The van der Waals surface area contributed by atoms with Gasteiger partial charge in [0, 0.05) is 37.0 Å². The molecule has 0 spiro atoms. The van der Waals surface area contributed by atoms with Gasteiger partial charge in [-0.1, -0.05) is 0 Å². The van der Waals surface area contributed by atoms with Gasteiger partial charge in [0.05, 0.1) is 17.5 Å². The Kier molecular flexibility index (Phi) is 4.76. The molecule has 0 radical (unpaired) electrons. The Bertz CT molecular complexity index is 663. The number of carbonyl (C=O) groups is 2. The molecule has 142 valence electrons. The van der Waals surface area contributed by atoms with E-state index in [4.69, 9.17) is 0 Å². The van der Waals surface area contributed by atoms with Gasteiger partial charge in [0.15, 0.2) is 0 Å². The van der Waals surface area contributed by atoms with Crippen molar-refractivity contribution >= 4 is 11.8 Å². The summed E-state index contributed by atoms with van der Waals surface area (Å²) in [6.45, 7) is 5.89. The molecule has 3 fully saturated rings. The zero-order chi connectivity index (χ0) is 18.3. The van der Waals surface area contributed by atoms with Crippen LogP contribution in [0.2, 0.25) is 0 Å². The number of carbonyl (C=O) groups excluding carboxylic acids is 2. The first-order chi connectivity index (χ1) is 12.6. The van der Waals surface area contributed by atoms with Crippen LogP contribution in [0.15, 0.2) is 6.20 Å². The summed E-state index contributed by atoms with van der Waals surface area (Å²) in [4.78, 5) is 29.5. The monoisotopic (exact) mass is 358 g/mol. The lowest BCUT2D eigenvalue weighted by atomic mass is 9.90. The Morgan fingerprint density at radius 2 is 1.69 bits per heavy atom. The highest BCUT2D eigenvalue weighted by molar-refractivity contribution is 5.95. The van der Waals surface area contributed by atoms with Gasteiger partial charge in [0.25, 0.3) is 5.91 Å². The number of piperidine rings is 2. The van der Waals surface area contributed by atoms with Gasteiger partial charge in [-0.3, -0.25) is 14.7 Å². The molecule has 6 nitrogen and oxygen atoms in total. The molecule has 2 aliphatic heterocycles. The van der Waals surface area contributed by atoms with Crippen molar-refractivity contribution in [1.82, 2.24) is 20.0 Å². The molecular weight excluding hydrogens is 328 g/mol. The van der Waals surface area contributed by atoms with E-state index >= 15 is 0 Å². The van der Waals surface area contributed by atoms with Crippen molar-refractivity contribution in [2.45, 2.75) is 76.8 Å². The second-order valence-electron chi connectivity index (χ2n) is 8.41. The Morgan fingerprint density at radius 1 is 1.04 bits per heavy atom. The summed E-state index contributed by atoms with van der Waals surface area (Å²) in [5.41, 5.74) is 1.70. The lowest BCUT2D eigenvalue weighted by molar-refractivity contribution is -0.133. The van der Waals surface area contributed by atoms with Gasteiger partial charge >= 0.3 is 0 Å². The number of hydrogen-bond donors (Lipinski definition) is 1. The fraction of sp³-hybridized carbons (Fsp3) is 0.750. The lowest BCUT2D eigenvalue weighted by Gasteiger charge is -2.39. The molecule has 2 atom stereocenters. The molecule has 1 aliphatic carbocycles. The third kappa shape index (κ3) is 3.26. The van der Waals surface area contributed by atoms with Gasteiger partial charge in [-0.2, -0.15) is 5.10 Å². The number of aromatic amines is 1. The standard InChI is InChI=1S/C20H30N4O2/c1-13-4-3-5-14(2)24(13)20(26)17-12-21-22-18(17)15-8-10-23(11-9-15)19(25)16-6-7-16/h12-16H,3-11H2,1-2H3,(H,21,22)/t13-,14-/m1/s1. The van der Waals surface area contributed by atoms with Gasteiger partial charge in [-0.25, -0.2) is 0 Å². The lowest BCUT2D eigenvalue weighted by Crippen LogP contribution is -2.47. The third-order valence-corrected chi connectivity index (χ3v) is 6.47. The van der Waals surface area contributed by atoms with Crippen LogP contribution in [0.1, 0.15) is 80.8 Å². The maximum absolute atomic E-state index is 13.2. The van der Waals surface area contributed by atoms with Crippen LogP contribution in [0.4, 0.5) is 0 Å². The highest BCUT2D eigenvalue weighted by atomic mass is 16.2. The molecular formula is C20H30N4O2. The maximum atomic E-state index is 13.2. The molecule has 26 heavy (non-hydrogen) atoms. The van der Waals surface area contributed by atoms with Crippen LogP contribution in [-0.2, 0) is 4.79 Å². The van der Waals surface area contributed by atoms with E-state index in [1.807, 2.05) is 9.80 Å². The van der Waals surface area contributed by atoms with Crippen LogP contribution in [0.5, 0.6) is 0 Å². The Hall–Kier alpha value is -1.85. The van der Waals surface area contributed by atoms with Crippen LogP contribution < -0.4 is 0 Å². The van der Waals surface area contributed by atoms with Gasteiger partial charge in [-0.05, 0) is 58.8 Å². The molecule has 0 bridgehead atoms. The third-order valence-electron chi connectivity index (χ3n) is 6.47. The predicted molar refractivity (Wildman–Crippen MR) is 98.8 cm³/mol. The van der Waals surface area contributed by atoms with E-state index < -0.39 is 0 Å². The number of likely N-dealkylation sites (tertiary alicyclic amines) is 2. The summed E-state index contributed by atoms with van der Waals surface area (Å²) in [7, 11) is 0. The van der Waals surface area contributed by atoms with Crippen molar-refractivity contribution in [2.75, 3.05) is 13.1 Å². The first kappa shape index (κ1) is 17.6. The second kappa shape index (κ2) is 7.05. The number of rotatable bonds is 3. The van der Waals surface area contributed by atoms with Gasteiger partial charge in [0.1, 0.15) is 0 Å². The van der Waals surface area contributed by atoms with E-state index in [-0.39, 0.29) is 29.8 Å². The van der Waals surface area contributed by atoms with Crippen molar-refractivity contribution in [2.24, 2.45) is 5.92 Å². The zero-order valence-electron chi connectivity index (χ0n) is 15.9. The van der Waals surface area contributed by atoms with Crippen LogP contribution in [0.3, 0.4) is 0 Å². The molecule has 2 amide bonds. The molecule has 4 rings (SSSR count). The van der Waals surface area contributed by atoms with Crippen LogP contribution >= 0.6 is 0 Å². The molecule has 0 aromatic carbocycles. The summed E-state index contributed by atoms with van der Waals surface area (Å²) in [5, 5.41) is 7.31. The first-order valence-corrected chi connectivity index (χ1v) is 10.2. The molecule has 1 saturated carbocycles.